The van der Waals surface area contributed by atoms with E-state index in [-0.39, 0.29) is 0 Å². The van der Waals surface area contributed by atoms with Crippen LogP contribution in [0.2, 0.25) is 0 Å². The molecule has 3 heterocycles. The summed E-state index contributed by atoms with van der Waals surface area (Å²) in [4.78, 5) is 13.6. The average Bonchev–Trinajstić information content (AvgIpc) is 3.30. The highest BCUT2D eigenvalue weighted by atomic mass is 16.3. The van der Waals surface area contributed by atoms with Gasteiger partial charge >= 0.3 is 0 Å². The lowest BCUT2D eigenvalue weighted by Gasteiger charge is -2.36. The molecule has 1 saturated heterocycles. The van der Waals surface area contributed by atoms with Gasteiger partial charge in [-0.1, -0.05) is 30.3 Å². The van der Waals surface area contributed by atoms with E-state index in [1.807, 2.05) is 0 Å². The molecule has 0 unspecified atom stereocenters. The topological polar surface area (TPSA) is 78.3 Å². The molecule has 3 aromatic rings. The highest BCUT2D eigenvalue weighted by Crippen LogP contribution is 2.32. The molecule has 7 heteroatoms. The van der Waals surface area contributed by atoms with Gasteiger partial charge in [-0.25, -0.2) is 4.98 Å². The molecule has 166 valence electrons. The van der Waals surface area contributed by atoms with Gasteiger partial charge in [0.15, 0.2) is 5.82 Å². The zero-order valence-electron chi connectivity index (χ0n) is 18.8. The average molecular weight is 431 g/mol. The number of benzene rings is 1. The minimum atomic E-state index is -0.976. The van der Waals surface area contributed by atoms with Gasteiger partial charge in [-0.3, -0.25) is 4.98 Å². The fourth-order valence-corrected chi connectivity index (χ4v) is 4.67. The molecule has 7 nitrogen and oxygen atoms in total. The van der Waals surface area contributed by atoms with Crippen molar-refractivity contribution in [2.45, 2.75) is 45.1 Å². The van der Waals surface area contributed by atoms with Gasteiger partial charge in [-0.15, -0.1) is 5.10 Å². The predicted octanol–water partition coefficient (Wildman–Crippen LogP) is 2.90. The van der Waals surface area contributed by atoms with E-state index in [0.29, 0.717) is 5.69 Å². The summed E-state index contributed by atoms with van der Waals surface area (Å²) in [6.45, 7) is 6.93. The lowest BCUT2D eigenvalue weighted by atomic mass is 10.0. The minimum Gasteiger partial charge on any atom is -0.384 e. The number of piperazine rings is 1. The molecule has 0 amide bonds. The third-order valence-electron chi connectivity index (χ3n) is 6.48. The maximum absolute atomic E-state index is 10.1. The van der Waals surface area contributed by atoms with Gasteiger partial charge in [0.1, 0.15) is 11.4 Å². The molecule has 0 spiro atoms. The Kier molecular flexibility index (Phi) is 5.51. The van der Waals surface area contributed by atoms with E-state index in [4.69, 9.17) is 5.10 Å². The standard InChI is InChI=1S/C25H30N6O/c1-25(2,32)22-16-27-23(17-26-22)30-11-13-31(14-12-30)24-20-10-6-9-19(20)21(28-29-24)15-18-7-4-3-5-8-18/h3-5,7-8,16-17,32H,6,9-15H2,1-2H3. The number of fused-ring (bicyclic) bond motifs is 1. The normalized spacial score (nSPS) is 16.3. The smallest absolute Gasteiger partial charge is 0.154 e. The number of aromatic nitrogens is 4. The minimum absolute atomic E-state index is 0.585. The molecule has 1 N–H and O–H groups in total. The Morgan fingerprint density at radius 2 is 1.59 bits per heavy atom. The molecule has 1 fully saturated rings. The predicted molar refractivity (Wildman–Crippen MR) is 125 cm³/mol. The molecule has 32 heavy (non-hydrogen) atoms. The van der Waals surface area contributed by atoms with Gasteiger partial charge in [0.25, 0.3) is 0 Å². The van der Waals surface area contributed by atoms with Crippen LogP contribution in [0.1, 0.15) is 48.3 Å². The van der Waals surface area contributed by atoms with Crippen LogP contribution in [0.4, 0.5) is 11.6 Å². The molecule has 0 radical (unpaired) electrons. The van der Waals surface area contributed by atoms with Gasteiger partial charge < -0.3 is 14.9 Å². The van der Waals surface area contributed by atoms with Crippen molar-refractivity contribution < 1.29 is 5.11 Å². The quantitative estimate of drug-likeness (QED) is 0.667. The second kappa shape index (κ2) is 8.47. The molecule has 2 aromatic heterocycles. The first kappa shape index (κ1) is 20.8. The SMILES string of the molecule is CC(C)(O)c1cnc(N2CCN(c3nnc(Cc4ccccc4)c4c3CCC4)CC2)cn1. The lowest BCUT2D eigenvalue weighted by Crippen LogP contribution is -2.47. The van der Waals surface area contributed by atoms with Crippen LogP contribution >= 0.6 is 0 Å². The van der Waals surface area contributed by atoms with E-state index < -0.39 is 5.60 Å². The highest BCUT2D eigenvalue weighted by Gasteiger charge is 2.27. The Balaban J connectivity index is 1.29. The number of hydrogen-bond acceptors (Lipinski definition) is 7. The molecule has 0 saturated carbocycles. The first-order valence-electron chi connectivity index (χ1n) is 11.4. The van der Waals surface area contributed by atoms with Gasteiger partial charge in [0.2, 0.25) is 0 Å². The Bertz CT molecular complexity index is 1070. The molecule has 5 rings (SSSR count). The van der Waals surface area contributed by atoms with Crippen molar-refractivity contribution in [2.24, 2.45) is 0 Å². The molecule has 0 bridgehead atoms. The van der Waals surface area contributed by atoms with E-state index in [0.717, 1.165) is 62.8 Å². The molecule has 1 aliphatic carbocycles. The fraction of sp³-hybridized carbons (Fsp3) is 0.440. The van der Waals surface area contributed by atoms with Crippen LogP contribution in [0.15, 0.2) is 42.7 Å². The van der Waals surface area contributed by atoms with Crippen molar-refractivity contribution >= 4 is 11.6 Å². The summed E-state index contributed by atoms with van der Waals surface area (Å²) in [5.41, 5.74) is 4.84. The van der Waals surface area contributed by atoms with Crippen LogP contribution in [0.3, 0.4) is 0 Å². The first-order valence-corrected chi connectivity index (χ1v) is 11.4. The summed E-state index contributed by atoms with van der Waals surface area (Å²) in [7, 11) is 0. The third kappa shape index (κ3) is 4.17. The number of rotatable bonds is 5. The van der Waals surface area contributed by atoms with Crippen LogP contribution in [0, 0.1) is 0 Å². The Morgan fingerprint density at radius 1 is 0.875 bits per heavy atom. The molecule has 0 atom stereocenters. The summed E-state index contributed by atoms with van der Waals surface area (Å²) in [6, 6.07) is 10.5. The largest absolute Gasteiger partial charge is 0.384 e. The van der Waals surface area contributed by atoms with E-state index in [2.05, 4.69) is 55.2 Å². The molecular formula is C25H30N6O. The van der Waals surface area contributed by atoms with Crippen molar-refractivity contribution in [3.05, 3.63) is 70.8 Å². The van der Waals surface area contributed by atoms with Gasteiger partial charge in [0, 0.05) is 38.2 Å². The summed E-state index contributed by atoms with van der Waals surface area (Å²) in [5.74, 6) is 1.92. The zero-order valence-corrected chi connectivity index (χ0v) is 18.8. The summed E-state index contributed by atoms with van der Waals surface area (Å²) in [6.07, 6.45) is 7.66. The van der Waals surface area contributed by atoms with Crippen LogP contribution in [0.25, 0.3) is 0 Å². The second-order valence-corrected chi connectivity index (χ2v) is 9.24. The monoisotopic (exact) mass is 430 g/mol. The summed E-state index contributed by atoms with van der Waals surface area (Å²) < 4.78 is 0. The summed E-state index contributed by atoms with van der Waals surface area (Å²) in [5, 5.41) is 19.5. The van der Waals surface area contributed by atoms with Gasteiger partial charge in [0.05, 0.1) is 23.8 Å². The van der Waals surface area contributed by atoms with Crippen molar-refractivity contribution in [2.75, 3.05) is 36.0 Å². The van der Waals surface area contributed by atoms with Crippen molar-refractivity contribution in [3.63, 3.8) is 0 Å². The van der Waals surface area contributed by atoms with E-state index in [1.165, 1.54) is 23.1 Å². The fourth-order valence-electron chi connectivity index (χ4n) is 4.67. The highest BCUT2D eigenvalue weighted by molar-refractivity contribution is 5.55. The Hall–Kier alpha value is -3.06. The Labute approximate surface area is 189 Å². The number of aliphatic hydroxyl groups is 1. The van der Waals surface area contributed by atoms with E-state index >= 15 is 0 Å². The van der Waals surface area contributed by atoms with Crippen molar-refractivity contribution in [3.8, 4) is 0 Å². The molecule has 1 aromatic carbocycles. The number of anilines is 2. The molecule has 1 aliphatic heterocycles. The zero-order chi connectivity index (χ0) is 22.1. The van der Waals surface area contributed by atoms with Crippen LogP contribution < -0.4 is 9.80 Å². The van der Waals surface area contributed by atoms with E-state index in [9.17, 15) is 5.11 Å². The second-order valence-electron chi connectivity index (χ2n) is 9.24. The van der Waals surface area contributed by atoms with E-state index in [1.54, 1.807) is 26.2 Å². The van der Waals surface area contributed by atoms with Crippen LogP contribution in [0.5, 0.6) is 0 Å². The maximum Gasteiger partial charge on any atom is 0.154 e. The molecule has 2 aliphatic rings. The van der Waals surface area contributed by atoms with Crippen molar-refractivity contribution in [1.82, 2.24) is 20.2 Å². The maximum atomic E-state index is 10.1. The Morgan fingerprint density at radius 3 is 2.28 bits per heavy atom. The van der Waals surface area contributed by atoms with Crippen LogP contribution in [-0.2, 0) is 24.9 Å². The van der Waals surface area contributed by atoms with Gasteiger partial charge in [-0.2, -0.15) is 5.10 Å². The third-order valence-corrected chi connectivity index (χ3v) is 6.48. The number of nitrogens with zero attached hydrogens (tertiary/aromatic N) is 6. The first-order chi connectivity index (χ1) is 15.5. The summed E-state index contributed by atoms with van der Waals surface area (Å²) >= 11 is 0. The van der Waals surface area contributed by atoms with Crippen molar-refractivity contribution in [1.29, 1.82) is 0 Å². The molecular weight excluding hydrogens is 400 g/mol. The lowest BCUT2D eigenvalue weighted by molar-refractivity contribution is 0.0734. The van der Waals surface area contributed by atoms with Gasteiger partial charge in [-0.05, 0) is 44.2 Å². The van der Waals surface area contributed by atoms with Crippen LogP contribution in [-0.4, -0.2) is 51.5 Å². The number of hydrogen-bond donors (Lipinski definition) is 1.